The quantitative estimate of drug-likeness (QED) is 0.561. The van der Waals surface area contributed by atoms with Crippen LogP contribution in [0.15, 0.2) is 57.6 Å². The SMILES string of the molecule is CN(C)[C@@H](CNC(=O)c1ccc(SCc2cscn2)cc1)c1cccs1. The molecule has 0 radical (unpaired) electrons. The summed E-state index contributed by atoms with van der Waals surface area (Å²) in [7, 11) is 4.07. The third kappa shape index (κ3) is 5.17. The molecule has 0 bridgehead atoms. The summed E-state index contributed by atoms with van der Waals surface area (Å²) in [6, 6.07) is 12.1. The highest BCUT2D eigenvalue weighted by molar-refractivity contribution is 7.98. The summed E-state index contributed by atoms with van der Waals surface area (Å²) in [5.74, 6) is 0.810. The van der Waals surface area contributed by atoms with E-state index in [0.717, 1.165) is 16.3 Å². The van der Waals surface area contributed by atoms with Crippen LogP contribution in [-0.2, 0) is 5.75 Å². The van der Waals surface area contributed by atoms with Crippen molar-refractivity contribution in [2.75, 3.05) is 20.6 Å². The molecule has 0 saturated carbocycles. The molecule has 0 aliphatic carbocycles. The maximum absolute atomic E-state index is 12.5. The summed E-state index contributed by atoms with van der Waals surface area (Å²) in [6.45, 7) is 0.590. The van der Waals surface area contributed by atoms with Crippen LogP contribution in [0.5, 0.6) is 0 Å². The highest BCUT2D eigenvalue weighted by Gasteiger charge is 2.16. The first-order valence-corrected chi connectivity index (χ1v) is 11.0. The van der Waals surface area contributed by atoms with E-state index in [4.69, 9.17) is 0 Å². The van der Waals surface area contributed by atoms with Gasteiger partial charge in [-0.25, -0.2) is 4.98 Å². The third-order valence-electron chi connectivity index (χ3n) is 3.94. The summed E-state index contributed by atoms with van der Waals surface area (Å²) in [5.41, 5.74) is 3.62. The molecule has 26 heavy (non-hydrogen) atoms. The molecular formula is C19H21N3OS3. The highest BCUT2D eigenvalue weighted by Crippen LogP contribution is 2.24. The number of amides is 1. The number of thioether (sulfide) groups is 1. The van der Waals surface area contributed by atoms with E-state index in [1.165, 1.54) is 4.88 Å². The lowest BCUT2D eigenvalue weighted by Gasteiger charge is -2.23. The highest BCUT2D eigenvalue weighted by atomic mass is 32.2. The summed E-state index contributed by atoms with van der Waals surface area (Å²) < 4.78 is 0. The largest absolute Gasteiger partial charge is 0.350 e. The van der Waals surface area contributed by atoms with E-state index in [0.29, 0.717) is 12.1 Å². The standard InChI is InChI=1S/C19H21N3OS3/c1-22(2)17(18-4-3-9-25-18)10-20-19(23)14-5-7-16(8-6-14)26-12-15-11-24-13-21-15/h3-9,11,13,17H,10,12H2,1-2H3,(H,20,23)/t17-/m0/s1. The third-order valence-corrected chi connectivity index (χ3v) is 6.59. The number of aromatic nitrogens is 1. The minimum Gasteiger partial charge on any atom is -0.350 e. The normalized spacial score (nSPS) is 12.3. The fourth-order valence-electron chi connectivity index (χ4n) is 2.48. The van der Waals surface area contributed by atoms with Gasteiger partial charge in [-0.15, -0.1) is 34.4 Å². The van der Waals surface area contributed by atoms with Gasteiger partial charge in [0.25, 0.3) is 5.91 Å². The maximum Gasteiger partial charge on any atom is 0.251 e. The number of likely N-dealkylation sites (N-methyl/N-ethyl adjacent to an activating group) is 1. The van der Waals surface area contributed by atoms with Crippen molar-refractivity contribution < 1.29 is 4.79 Å². The molecule has 1 aromatic carbocycles. The van der Waals surface area contributed by atoms with E-state index in [2.05, 4.69) is 32.0 Å². The van der Waals surface area contributed by atoms with E-state index in [-0.39, 0.29) is 11.9 Å². The zero-order chi connectivity index (χ0) is 18.4. The summed E-state index contributed by atoms with van der Waals surface area (Å²) in [5, 5.41) is 7.18. The van der Waals surface area contributed by atoms with Crippen molar-refractivity contribution in [3.63, 3.8) is 0 Å². The second kappa shape index (κ2) is 9.32. The predicted molar refractivity (Wildman–Crippen MR) is 111 cm³/mol. The van der Waals surface area contributed by atoms with Gasteiger partial charge in [-0.05, 0) is 49.8 Å². The van der Waals surface area contributed by atoms with Gasteiger partial charge in [0.05, 0.1) is 17.2 Å². The fourth-order valence-corrected chi connectivity index (χ4v) is 4.87. The van der Waals surface area contributed by atoms with E-state index < -0.39 is 0 Å². The van der Waals surface area contributed by atoms with Crippen LogP contribution in [0.1, 0.15) is 27.0 Å². The van der Waals surface area contributed by atoms with Gasteiger partial charge in [0.15, 0.2) is 0 Å². The van der Waals surface area contributed by atoms with Crippen LogP contribution >= 0.6 is 34.4 Å². The van der Waals surface area contributed by atoms with E-state index >= 15 is 0 Å². The second-order valence-electron chi connectivity index (χ2n) is 6.00. The van der Waals surface area contributed by atoms with Gasteiger partial charge < -0.3 is 10.2 Å². The summed E-state index contributed by atoms with van der Waals surface area (Å²) in [4.78, 5) is 21.3. The number of thiazole rings is 1. The van der Waals surface area contributed by atoms with Crippen LogP contribution in [0.4, 0.5) is 0 Å². The molecule has 2 heterocycles. The van der Waals surface area contributed by atoms with E-state index in [9.17, 15) is 4.79 Å². The van der Waals surface area contributed by atoms with Gasteiger partial charge in [0.1, 0.15) is 0 Å². The molecule has 3 rings (SSSR count). The van der Waals surface area contributed by atoms with Crippen molar-refractivity contribution in [2.24, 2.45) is 0 Å². The van der Waals surface area contributed by atoms with Crippen molar-refractivity contribution >= 4 is 40.3 Å². The van der Waals surface area contributed by atoms with Crippen LogP contribution in [0.3, 0.4) is 0 Å². The number of hydrogen-bond acceptors (Lipinski definition) is 6. The first kappa shape index (κ1) is 19.1. The molecule has 0 fully saturated rings. The minimum atomic E-state index is -0.0375. The average Bonchev–Trinajstić information content (AvgIpc) is 3.34. The number of carbonyl (C=O) groups is 1. The summed E-state index contributed by atoms with van der Waals surface area (Å²) in [6.07, 6.45) is 0. The Kier molecular flexibility index (Phi) is 6.85. The van der Waals surface area contributed by atoms with Gasteiger partial charge in [-0.3, -0.25) is 4.79 Å². The number of benzene rings is 1. The van der Waals surface area contributed by atoms with Crippen molar-refractivity contribution in [2.45, 2.75) is 16.7 Å². The first-order chi connectivity index (χ1) is 12.6. The Labute approximate surface area is 166 Å². The molecule has 2 aromatic heterocycles. The van der Waals surface area contributed by atoms with Crippen molar-refractivity contribution in [3.05, 3.63) is 68.8 Å². The van der Waals surface area contributed by atoms with Crippen LogP contribution in [0.25, 0.3) is 0 Å². The van der Waals surface area contributed by atoms with Gasteiger partial charge in [-0.1, -0.05) is 6.07 Å². The lowest BCUT2D eigenvalue weighted by atomic mass is 10.2. The lowest BCUT2D eigenvalue weighted by Crippen LogP contribution is -2.34. The Morgan fingerprint density at radius 1 is 1.27 bits per heavy atom. The molecule has 0 spiro atoms. The Morgan fingerprint density at radius 2 is 2.08 bits per heavy atom. The smallest absolute Gasteiger partial charge is 0.251 e. The Hall–Kier alpha value is -1.67. The number of thiophene rings is 1. The van der Waals surface area contributed by atoms with Crippen molar-refractivity contribution in [1.29, 1.82) is 0 Å². The van der Waals surface area contributed by atoms with E-state index in [1.807, 2.05) is 49.9 Å². The molecule has 136 valence electrons. The Balaban J connectivity index is 1.54. The number of hydrogen-bond donors (Lipinski definition) is 1. The molecular weight excluding hydrogens is 382 g/mol. The molecule has 1 atom stereocenters. The van der Waals surface area contributed by atoms with Gasteiger partial charge in [0.2, 0.25) is 0 Å². The number of nitrogens with one attached hydrogen (secondary N) is 1. The van der Waals surface area contributed by atoms with Crippen LogP contribution < -0.4 is 5.32 Å². The Morgan fingerprint density at radius 3 is 2.69 bits per heavy atom. The fraction of sp³-hybridized carbons (Fsp3) is 0.263. The number of carbonyl (C=O) groups excluding carboxylic acids is 1. The predicted octanol–water partition coefficient (Wildman–Crippen LogP) is 4.53. The van der Waals surface area contributed by atoms with Gasteiger partial charge >= 0.3 is 0 Å². The molecule has 0 saturated heterocycles. The van der Waals surface area contributed by atoms with E-state index in [1.54, 1.807) is 34.4 Å². The van der Waals surface area contributed by atoms with Gasteiger partial charge in [0, 0.05) is 33.0 Å². The van der Waals surface area contributed by atoms with Crippen LogP contribution in [0, 0.1) is 0 Å². The van der Waals surface area contributed by atoms with Crippen LogP contribution in [0.2, 0.25) is 0 Å². The zero-order valence-electron chi connectivity index (χ0n) is 14.7. The second-order valence-corrected chi connectivity index (χ2v) is 8.74. The topological polar surface area (TPSA) is 45.2 Å². The van der Waals surface area contributed by atoms with Crippen LogP contribution in [-0.4, -0.2) is 36.4 Å². The molecule has 0 aliphatic rings. The molecule has 0 aliphatic heterocycles. The minimum absolute atomic E-state index is 0.0375. The Bertz CT molecular complexity index is 799. The molecule has 1 N–H and O–H groups in total. The number of nitrogens with zero attached hydrogens (tertiary/aromatic N) is 2. The molecule has 7 heteroatoms. The first-order valence-electron chi connectivity index (χ1n) is 8.21. The van der Waals surface area contributed by atoms with Gasteiger partial charge in [-0.2, -0.15) is 0 Å². The lowest BCUT2D eigenvalue weighted by molar-refractivity contribution is 0.0942. The molecule has 3 aromatic rings. The molecule has 4 nitrogen and oxygen atoms in total. The number of rotatable bonds is 8. The molecule has 1 amide bonds. The summed E-state index contributed by atoms with van der Waals surface area (Å²) >= 11 is 5.05. The van der Waals surface area contributed by atoms with Crippen molar-refractivity contribution in [3.8, 4) is 0 Å². The average molecular weight is 404 g/mol. The molecule has 0 unspecified atom stereocenters. The van der Waals surface area contributed by atoms with Crippen molar-refractivity contribution in [1.82, 2.24) is 15.2 Å². The zero-order valence-corrected chi connectivity index (χ0v) is 17.2. The monoisotopic (exact) mass is 403 g/mol. The maximum atomic E-state index is 12.5.